The van der Waals surface area contributed by atoms with Gasteiger partial charge in [0.05, 0.1) is 0 Å². The maximum absolute atomic E-state index is 2.33. The van der Waals surface area contributed by atoms with Crippen LogP contribution in [0.5, 0.6) is 0 Å². The van der Waals surface area contributed by atoms with Crippen LogP contribution in [0.3, 0.4) is 0 Å². The number of rotatable bonds is 1. The van der Waals surface area contributed by atoms with E-state index in [-0.39, 0.29) is 26.2 Å². The van der Waals surface area contributed by atoms with Crippen LogP contribution in [0.15, 0.2) is 84.9 Å². The number of fused-ring (bicyclic) bond motifs is 3. The minimum Gasteiger partial charge on any atom is -0.165 e. The minimum absolute atomic E-state index is 0. The van der Waals surface area contributed by atoms with Gasteiger partial charge < -0.3 is 0 Å². The molecule has 0 spiro atoms. The molecule has 5 rings (SSSR count). The summed E-state index contributed by atoms with van der Waals surface area (Å²) in [5.41, 5.74) is 3.96. The van der Waals surface area contributed by atoms with Gasteiger partial charge in [0.2, 0.25) is 0 Å². The van der Waals surface area contributed by atoms with Gasteiger partial charge in [-0.05, 0) is 39.2 Å². The van der Waals surface area contributed by atoms with E-state index >= 15 is 0 Å². The van der Waals surface area contributed by atoms with Crippen molar-refractivity contribution in [2.24, 2.45) is 0 Å². The van der Waals surface area contributed by atoms with Gasteiger partial charge in [0.1, 0.15) is 0 Å². The van der Waals surface area contributed by atoms with E-state index in [0.717, 1.165) is 0 Å². The summed E-state index contributed by atoms with van der Waals surface area (Å²) in [5, 5.41) is 7.88. The van der Waals surface area contributed by atoms with Crippen molar-refractivity contribution in [3.8, 4) is 11.1 Å². The van der Waals surface area contributed by atoms with Crippen LogP contribution in [-0.4, -0.2) is 0 Å². The summed E-state index contributed by atoms with van der Waals surface area (Å²) in [6.45, 7) is 2.17. The summed E-state index contributed by atoms with van der Waals surface area (Å²) in [6, 6.07) is 31.0. The summed E-state index contributed by atoms with van der Waals surface area (Å²) in [5.74, 6) is 0. The van der Waals surface area contributed by atoms with Crippen LogP contribution in [0.25, 0.3) is 43.4 Å². The monoisotopic (exact) mass is 395 g/mol. The fourth-order valence-electron chi connectivity index (χ4n) is 3.82. The zero-order chi connectivity index (χ0) is 16.1. The Morgan fingerprint density at radius 1 is 0.600 bits per heavy atom. The Balaban J connectivity index is 0.00000157. The number of aryl methyl sites for hydroxylation is 1. The smallest absolute Gasteiger partial charge is 0 e. The number of benzene rings is 4. The van der Waals surface area contributed by atoms with Crippen molar-refractivity contribution < 1.29 is 26.2 Å². The molecule has 5 aromatic carbocycles. The maximum atomic E-state index is 2.33. The largest absolute Gasteiger partial charge is 0.165 e. The van der Waals surface area contributed by atoms with Crippen LogP contribution < -0.4 is 0 Å². The summed E-state index contributed by atoms with van der Waals surface area (Å²) in [4.78, 5) is 0. The Morgan fingerprint density at radius 3 is 2.04 bits per heavy atom. The zero-order valence-electron chi connectivity index (χ0n) is 14.1. The molecule has 0 nitrogen and oxygen atoms in total. The molecule has 0 heterocycles. The van der Waals surface area contributed by atoms with E-state index < -0.39 is 0 Å². The molecule has 0 unspecified atom stereocenters. The van der Waals surface area contributed by atoms with Crippen molar-refractivity contribution in [1.82, 2.24) is 0 Å². The van der Waals surface area contributed by atoms with Crippen molar-refractivity contribution in [3.63, 3.8) is 0 Å². The maximum Gasteiger partial charge on any atom is 0 e. The topological polar surface area (TPSA) is 0 Å². The normalized spacial score (nSPS) is 11.1. The molecule has 0 fully saturated rings. The van der Waals surface area contributed by atoms with Crippen LogP contribution in [0.4, 0.5) is 0 Å². The summed E-state index contributed by atoms with van der Waals surface area (Å²) >= 11 is 0. The van der Waals surface area contributed by atoms with E-state index in [2.05, 4.69) is 91.9 Å². The van der Waals surface area contributed by atoms with Gasteiger partial charge in [-0.3, -0.25) is 0 Å². The van der Waals surface area contributed by atoms with E-state index in [1.54, 1.807) is 0 Å². The van der Waals surface area contributed by atoms with Crippen molar-refractivity contribution in [2.45, 2.75) is 6.92 Å². The Hall–Kier alpha value is -2.11. The van der Waals surface area contributed by atoms with Crippen molar-refractivity contribution in [1.29, 1.82) is 0 Å². The quantitative estimate of drug-likeness (QED) is 0.215. The van der Waals surface area contributed by atoms with Gasteiger partial charge in [0.25, 0.3) is 0 Å². The Labute approximate surface area is 166 Å². The molecule has 0 aliphatic rings. The average molecular weight is 397 g/mol. The molecule has 0 bridgehead atoms. The molecule has 25 heavy (non-hydrogen) atoms. The predicted molar refractivity (Wildman–Crippen MR) is 105 cm³/mol. The first-order valence-electron chi connectivity index (χ1n) is 8.37. The fourth-order valence-corrected chi connectivity index (χ4v) is 3.82. The molecule has 118 valence electrons. The molecule has 0 radical (unpaired) electrons. The Kier molecular flexibility index (Phi) is 4.14. The first-order chi connectivity index (χ1) is 11.8. The van der Waals surface area contributed by atoms with Gasteiger partial charge in [0.15, 0.2) is 0 Å². The SMILES string of the molecule is Cc1cc2c(-c3cccc4cc5ccccc5cc34)cccc2[cH-]1.[Zr]. The third kappa shape index (κ3) is 2.68. The van der Waals surface area contributed by atoms with Crippen molar-refractivity contribution in [2.75, 3.05) is 0 Å². The first kappa shape index (κ1) is 16.4. The molecule has 0 saturated heterocycles. The van der Waals surface area contributed by atoms with E-state index in [9.17, 15) is 0 Å². The second kappa shape index (κ2) is 6.32. The predicted octanol–water partition coefficient (Wildman–Crippen LogP) is 6.84. The Bertz CT molecular complexity index is 1210. The van der Waals surface area contributed by atoms with Crippen LogP contribution in [0.2, 0.25) is 0 Å². The molecule has 0 amide bonds. The summed E-state index contributed by atoms with van der Waals surface area (Å²) < 4.78 is 0. The second-order valence-electron chi connectivity index (χ2n) is 6.57. The summed E-state index contributed by atoms with van der Waals surface area (Å²) in [6.07, 6.45) is 0. The third-order valence-electron chi connectivity index (χ3n) is 4.93. The Morgan fingerprint density at radius 2 is 1.24 bits per heavy atom. The summed E-state index contributed by atoms with van der Waals surface area (Å²) in [7, 11) is 0. The molecule has 1 heteroatoms. The number of hydrogen-bond donors (Lipinski definition) is 0. The molecule has 5 aromatic rings. The van der Waals surface area contributed by atoms with Gasteiger partial charge in [-0.25, -0.2) is 0 Å². The van der Waals surface area contributed by atoms with Gasteiger partial charge in [0, 0.05) is 26.2 Å². The fraction of sp³-hybridized carbons (Fsp3) is 0.0417. The molecule has 0 aliphatic carbocycles. The minimum atomic E-state index is 0. The molecular formula is C24H17Zr-. The van der Waals surface area contributed by atoms with E-state index in [1.807, 2.05) is 0 Å². The van der Waals surface area contributed by atoms with E-state index in [1.165, 1.54) is 49.0 Å². The van der Waals surface area contributed by atoms with Crippen LogP contribution in [0.1, 0.15) is 5.56 Å². The number of hydrogen-bond acceptors (Lipinski definition) is 0. The van der Waals surface area contributed by atoms with Gasteiger partial charge in [-0.15, -0.1) is 34.5 Å². The molecule has 0 N–H and O–H groups in total. The van der Waals surface area contributed by atoms with Gasteiger partial charge >= 0.3 is 0 Å². The van der Waals surface area contributed by atoms with Crippen LogP contribution >= 0.6 is 0 Å². The van der Waals surface area contributed by atoms with Gasteiger partial charge in [-0.1, -0.05) is 61.0 Å². The van der Waals surface area contributed by atoms with Crippen LogP contribution in [0, 0.1) is 6.92 Å². The third-order valence-corrected chi connectivity index (χ3v) is 4.93. The first-order valence-corrected chi connectivity index (χ1v) is 8.37. The standard InChI is InChI=1S/C24H17.Zr/c1-16-12-19-8-4-10-21(23(19)13-16)22-11-5-9-20-14-17-6-2-3-7-18(17)15-24(20)22;/h2-15H,1H3;/q-1;. The van der Waals surface area contributed by atoms with Crippen LogP contribution in [-0.2, 0) is 26.2 Å². The molecule has 0 atom stereocenters. The second-order valence-corrected chi connectivity index (χ2v) is 6.57. The molecule has 0 aromatic heterocycles. The van der Waals surface area contributed by atoms with E-state index in [4.69, 9.17) is 0 Å². The molecular weight excluding hydrogens is 379 g/mol. The van der Waals surface area contributed by atoms with E-state index in [0.29, 0.717) is 0 Å². The average Bonchev–Trinajstić information content (AvgIpc) is 2.99. The molecule has 0 saturated carbocycles. The zero-order valence-corrected chi connectivity index (χ0v) is 16.5. The van der Waals surface area contributed by atoms with Crippen molar-refractivity contribution in [3.05, 3.63) is 90.5 Å². The van der Waals surface area contributed by atoms with Crippen molar-refractivity contribution >= 4 is 32.3 Å². The van der Waals surface area contributed by atoms with Gasteiger partial charge in [-0.2, -0.15) is 6.07 Å². The molecule has 0 aliphatic heterocycles.